The Hall–Kier alpha value is -2.55. The van der Waals surface area contributed by atoms with Gasteiger partial charge in [0.1, 0.15) is 6.04 Å². The van der Waals surface area contributed by atoms with Crippen LogP contribution in [0.1, 0.15) is 29.6 Å². The summed E-state index contributed by atoms with van der Waals surface area (Å²) in [6.07, 6.45) is 1.43. The Morgan fingerprint density at radius 1 is 1.26 bits per heavy atom. The highest BCUT2D eigenvalue weighted by atomic mass is 19.1. The maximum absolute atomic E-state index is 12.6. The van der Waals surface area contributed by atoms with Gasteiger partial charge in [-0.25, -0.2) is 4.98 Å². The number of pyridine rings is 1. The van der Waals surface area contributed by atoms with E-state index >= 15 is 0 Å². The molecule has 1 amide bonds. The lowest BCUT2D eigenvalue weighted by Crippen LogP contribution is -2.34. The van der Waals surface area contributed by atoms with Gasteiger partial charge >= 0.3 is 11.9 Å². The van der Waals surface area contributed by atoms with E-state index in [1.165, 1.54) is 6.07 Å². The smallest absolute Gasteiger partial charge is 0.320 e. The van der Waals surface area contributed by atoms with Crippen LogP contribution in [0.5, 0.6) is 0 Å². The molecule has 23 heavy (non-hydrogen) atoms. The quantitative estimate of drug-likeness (QED) is 0.375. The number of rotatable bonds is 9. The van der Waals surface area contributed by atoms with Gasteiger partial charge in [-0.15, -0.1) is 0 Å². The van der Waals surface area contributed by atoms with E-state index in [0.29, 0.717) is 6.42 Å². The van der Waals surface area contributed by atoms with Crippen molar-refractivity contribution in [1.82, 2.24) is 10.3 Å². The summed E-state index contributed by atoms with van der Waals surface area (Å²) in [5.74, 6) is -4.43. The number of amides is 1. The molecule has 0 bridgehead atoms. The standard InChI is InChI=1S/C14H18FN3O5/c15-11-4-3-9(7-18-11)12(19)17-5-1-2-8(13(20)21)6-10(16)14(22)23/h3-4,7-8,10H,1-2,5-6,16H2,(H,17,19)(H,20,21)(H,22,23)/t8-,10-/m0/s1. The fraction of sp³-hybridized carbons (Fsp3) is 0.429. The number of carboxylic acids is 2. The lowest BCUT2D eigenvalue weighted by Gasteiger charge is -2.14. The van der Waals surface area contributed by atoms with E-state index in [2.05, 4.69) is 10.3 Å². The van der Waals surface area contributed by atoms with Gasteiger partial charge in [0, 0.05) is 12.7 Å². The van der Waals surface area contributed by atoms with Crippen LogP contribution in [0.15, 0.2) is 18.3 Å². The molecule has 0 fully saturated rings. The summed E-state index contributed by atoms with van der Waals surface area (Å²) in [6.45, 7) is 0.197. The zero-order valence-electron chi connectivity index (χ0n) is 12.2. The molecule has 5 N–H and O–H groups in total. The fourth-order valence-corrected chi connectivity index (χ4v) is 1.91. The van der Waals surface area contributed by atoms with E-state index in [4.69, 9.17) is 15.9 Å². The molecule has 1 rings (SSSR count). The van der Waals surface area contributed by atoms with Gasteiger partial charge in [-0.2, -0.15) is 4.39 Å². The minimum absolute atomic E-state index is 0.179. The SMILES string of the molecule is N[C@@H](C[C@H](CCCNC(=O)c1ccc(F)nc1)C(=O)O)C(=O)O. The Labute approximate surface area is 131 Å². The van der Waals surface area contributed by atoms with E-state index in [0.717, 1.165) is 12.3 Å². The van der Waals surface area contributed by atoms with Crippen LogP contribution in [0.4, 0.5) is 4.39 Å². The molecule has 0 saturated heterocycles. The van der Waals surface area contributed by atoms with E-state index < -0.39 is 35.8 Å². The van der Waals surface area contributed by atoms with Crippen molar-refractivity contribution in [3.05, 3.63) is 29.8 Å². The lowest BCUT2D eigenvalue weighted by atomic mass is 9.95. The summed E-state index contributed by atoms with van der Waals surface area (Å²) in [6, 6.07) is 1.10. The fourth-order valence-electron chi connectivity index (χ4n) is 1.91. The van der Waals surface area contributed by atoms with Crippen LogP contribution in [0.3, 0.4) is 0 Å². The van der Waals surface area contributed by atoms with Crippen LogP contribution in [0.2, 0.25) is 0 Å². The highest BCUT2D eigenvalue weighted by molar-refractivity contribution is 5.93. The van der Waals surface area contributed by atoms with Gasteiger partial charge in [-0.3, -0.25) is 14.4 Å². The lowest BCUT2D eigenvalue weighted by molar-refractivity contribution is -0.143. The van der Waals surface area contributed by atoms with Crippen molar-refractivity contribution in [1.29, 1.82) is 0 Å². The van der Waals surface area contributed by atoms with Gasteiger partial charge in [0.05, 0.1) is 11.5 Å². The first-order chi connectivity index (χ1) is 10.8. The Morgan fingerprint density at radius 2 is 1.96 bits per heavy atom. The zero-order valence-corrected chi connectivity index (χ0v) is 12.2. The molecule has 126 valence electrons. The Bertz CT molecular complexity index is 564. The molecule has 1 aromatic heterocycles. The van der Waals surface area contributed by atoms with Gasteiger partial charge in [0.15, 0.2) is 0 Å². The topological polar surface area (TPSA) is 143 Å². The third-order valence-electron chi connectivity index (χ3n) is 3.21. The molecule has 9 heteroatoms. The van der Waals surface area contributed by atoms with Crippen molar-refractivity contribution >= 4 is 17.8 Å². The molecule has 0 unspecified atom stereocenters. The molecular formula is C14H18FN3O5. The monoisotopic (exact) mass is 327 g/mol. The minimum Gasteiger partial charge on any atom is -0.481 e. The zero-order chi connectivity index (χ0) is 17.4. The third-order valence-corrected chi connectivity index (χ3v) is 3.21. The number of hydrogen-bond donors (Lipinski definition) is 4. The molecular weight excluding hydrogens is 309 g/mol. The van der Waals surface area contributed by atoms with Gasteiger partial charge in [0.2, 0.25) is 5.95 Å². The molecule has 1 heterocycles. The number of aliphatic carboxylic acids is 2. The Kier molecular flexibility index (Phi) is 7.07. The molecule has 0 aromatic carbocycles. The number of halogens is 1. The molecule has 1 aromatic rings. The first kappa shape index (κ1) is 18.5. The van der Waals surface area contributed by atoms with Crippen molar-refractivity contribution < 1.29 is 29.0 Å². The summed E-state index contributed by atoms with van der Waals surface area (Å²) in [4.78, 5) is 36.8. The van der Waals surface area contributed by atoms with Crippen molar-refractivity contribution in [3.8, 4) is 0 Å². The average molecular weight is 327 g/mol. The van der Waals surface area contributed by atoms with Crippen LogP contribution in [-0.4, -0.2) is 45.6 Å². The second kappa shape index (κ2) is 8.79. The molecule has 0 aliphatic carbocycles. The summed E-state index contributed by atoms with van der Waals surface area (Å²) in [7, 11) is 0. The molecule has 2 atom stereocenters. The Morgan fingerprint density at radius 3 is 2.48 bits per heavy atom. The van der Waals surface area contributed by atoms with Crippen molar-refractivity contribution in [2.24, 2.45) is 11.7 Å². The van der Waals surface area contributed by atoms with Crippen LogP contribution in [0.25, 0.3) is 0 Å². The van der Waals surface area contributed by atoms with Crippen molar-refractivity contribution in [2.45, 2.75) is 25.3 Å². The van der Waals surface area contributed by atoms with Crippen LogP contribution >= 0.6 is 0 Å². The second-order valence-electron chi connectivity index (χ2n) is 4.98. The highest BCUT2D eigenvalue weighted by Gasteiger charge is 2.23. The van der Waals surface area contributed by atoms with Crippen LogP contribution < -0.4 is 11.1 Å². The molecule has 8 nitrogen and oxygen atoms in total. The van der Waals surface area contributed by atoms with Crippen molar-refractivity contribution in [2.75, 3.05) is 6.54 Å². The van der Waals surface area contributed by atoms with E-state index in [1.807, 2.05) is 0 Å². The maximum Gasteiger partial charge on any atom is 0.320 e. The number of nitrogens with zero attached hydrogens (tertiary/aromatic N) is 1. The largest absolute Gasteiger partial charge is 0.481 e. The van der Waals surface area contributed by atoms with E-state index in [9.17, 15) is 18.8 Å². The Balaban J connectivity index is 2.39. The summed E-state index contributed by atoms with van der Waals surface area (Å²) >= 11 is 0. The maximum atomic E-state index is 12.6. The third kappa shape index (κ3) is 6.39. The number of carboxylic acid groups (broad SMARTS) is 2. The second-order valence-corrected chi connectivity index (χ2v) is 4.98. The molecule has 0 saturated carbocycles. The van der Waals surface area contributed by atoms with Gasteiger partial charge in [-0.1, -0.05) is 0 Å². The average Bonchev–Trinajstić information content (AvgIpc) is 2.50. The summed E-state index contributed by atoms with van der Waals surface area (Å²) in [5.41, 5.74) is 5.51. The number of carbonyl (C=O) groups is 3. The van der Waals surface area contributed by atoms with Crippen LogP contribution in [-0.2, 0) is 9.59 Å². The highest BCUT2D eigenvalue weighted by Crippen LogP contribution is 2.13. The number of nitrogens with two attached hydrogens (primary N) is 1. The van der Waals surface area contributed by atoms with Crippen LogP contribution in [0, 0.1) is 11.9 Å². The number of nitrogens with one attached hydrogen (secondary N) is 1. The van der Waals surface area contributed by atoms with Gasteiger partial charge in [0.25, 0.3) is 5.91 Å². The van der Waals surface area contributed by atoms with Gasteiger partial charge < -0.3 is 21.3 Å². The predicted molar refractivity (Wildman–Crippen MR) is 77.1 cm³/mol. The first-order valence-corrected chi connectivity index (χ1v) is 6.92. The number of hydrogen-bond acceptors (Lipinski definition) is 5. The first-order valence-electron chi connectivity index (χ1n) is 6.92. The molecule has 0 aliphatic heterocycles. The molecule has 0 spiro atoms. The molecule has 0 radical (unpaired) electrons. The predicted octanol–water partition coefficient (Wildman–Crippen LogP) is 0.233. The molecule has 0 aliphatic rings. The normalized spacial score (nSPS) is 13.1. The number of carbonyl (C=O) groups excluding carboxylic acids is 1. The van der Waals surface area contributed by atoms with E-state index in [-0.39, 0.29) is 24.9 Å². The number of aromatic nitrogens is 1. The summed E-state index contributed by atoms with van der Waals surface area (Å²) in [5, 5.41) is 20.3. The summed E-state index contributed by atoms with van der Waals surface area (Å²) < 4.78 is 12.6. The van der Waals surface area contributed by atoms with Crippen molar-refractivity contribution in [3.63, 3.8) is 0 Å². The van der Waals surface area contributed by atoms with Gasteiger partial charge in [-0.05, 0) is 31.4 Å². The van der Waals surface area contributed by atoms with E-state index in [1.54, 1.807) is 0 Å². The minimum atomic E-state index is -1.26.